The van der Waals surface area contributed by atoms with Crippen LogP contribution in [0.1, 0.15) is 26.7 Å². The molecule has 3 amide bonds. The summed E-state index contributed by atoms with van der Waals surface area (Å²) in [7, 11) is 3.20. The third-order valence-corrected chi connectivity index (χ3v) is 5.02. The molecule has 0 saturated carbocycles. The molecule has 2 fully saturated rings. The van der Waals surface area contributed by atoms with Gasteiger partial charge in [-0.25, -0.2) is 9.69 Å². The predicted molar refractivity (Wildman–Crippen MR) is 92.1 cm³/mol. The molecule has 0 aromatic rings. The minimum absolute atomic E-state index is 0.224. The molecule has 3 aliphatic heterocycles. The molecule has 1 atom stereocenters. The van der Waals surface area contributed by atoms with Gasteiger partial charge in [-0.15, -0.1) is 0 Å². The number of amidine groups is 1. The molecule has 0 aliphatic carbocycles. The third kappa shape index (κ3) is 2.61. The van der Waals surface area contributed by atoms with Crippen LogP contribution in [0.5, 0.6) is 0 Å². The van der Waals surface area contributed by atoms with E-state index in [0.29, 0.717) is 18.3 Å². The van der Waals surface area contributed by atoms with Crippen LogP contribution >= 0.6 is 0 Å². The van der Waals surface area contributed by atoms with Gasteiger partial charge in [0.25, 0.3) is 5.91 Å². The molecule has 130 valence electrons. The van der Waals surface area contributed by atoms with E-state index in [1.54, 1.807) is 7.05 Å². The molecule has 0 radical (unpaired) electrons. The molecule has 1 unspecified atom stereocenters. The van der Waals surface area contributed by atoms with Crippen molar-refractivity contribution >= 4 is 23.7 Å². The number of likely N-dealkylation sites (N-methyl/N-ethyl adjacent to an activating group) is 2. The van der Waals surface area contributed by atoms with Crippen LogP contribution in [0.3, 0.4) is 0 Å². The summed E-state index contributed by atoms with van der Waals surface area (Å²) in [6, 6.07) is -0.873. The molecule has 0 spiro atoms. The Hall–Kier alpha value is -2.18. The largest absolute Gasteiger partial charge is 0.392 e. The molecule has 0 N–H and O–H groups in total. The molecular weight excluding hydrogens is 306 g/mol. The number of carbonyl (C=O) groups excluding carboxylic acids is 2. The molecule has 0 aromatic heterocycles. The fourth-order valence-corrected chi connectivity index (χ4v) is 3.50. The van der Waals surface area contributed by atoms with Crippen molar-refractivity contribution in [3.05, 3.63) is 12.2 Å². The van der Waals surface area contributed by atoms with Crippen LogP contribution in [-0.2, 0) is 4.79 Å². The number of nitrogens with zero attached hydrogens (tertiary/aromatic N) is 5. The van der Waals surface area contributed by atoms with Crippen molar-refractivity contribution in [3.8, 4) is 0 Å². The quantitative estimate of drug-likeness (QED) is 0.559. The van der Waals surface area contributed by atoms with Gasteiger partial charge in [0, 0.05) is 14.1 Å². The van der Waals surface area contributed by atoms with E-state index in [1.807, 2.05) is 11.8 Å². The highest BCUT2D eigenvalue weighted by atomic mass is 16.2. The Kier molecular flexibility index (Phi) is 4.19. The van der Waals surface area contributed by atoms with Crippen molar-refractivity contribution in [2.75, 3.05) is 33.7 Å². The van der Waals surface area contributed by atoms with Gasteiger partial charge in [0.15, 0.2) is 0 Å². The van der Waals surface area contributed by atoms with Gasteiger partial charge in [0.05, 0.1) is 19.6 Å². The van der Waals surface area contributed by atoms with Crippen LogP contribution in [0.25, 0.3) is 0 Å². The van der Waals surface area contributed by atoms with Crippen molar-refractivity contribution in [1.82, 2.24) is 14.7 Å². The first-order chi connectivity index (χ1) is 11.3. The molecule has 24 heavy (non-hydrogen) atoms. The summed E-state index contributed by atoms with van der Waals surface area (Å²) < 4.78 is 2.24. The average Bonchev–Trinajstić information content (AvgIpc) is 2.90. The zero-order valence-electron chi connectivity index (χ0n) is 14.9. The van der Waals surface area contributed by atoms with Gasteiger partial charge in [-0.05, 0) is 31.3 Å². The van der Waals surface area contributed by atoms with Gasteiger partial charge >= 0.3 is 12.0 Å². The highest BCUT2D eigenvalue weighted by Gasteiger charge is 2.55. The number of fused-ring (bicyclic) bond motifs is 1. The van der Waals surface area contributed by atoms with Gasteiger partial charge in [-0.3, -0.25) is 19.2 Å². The van der Waals surface area contributed by atoms with Gasteiger partial charge in [-0.1, -0.05) is 18.5 Å². The molecule has 0 aromatic carbocycles. The monoisotopic (exact) mass is 332 g/mol. The molecule has 3 aliphatic rings. The maximum absolute atomic E-state index is 12.7. The number of amides is 3. The number of hydrogen-bond acceptors (Lipinski definition) is 2. The maximum Gasteiger partial charge on any atom is 0.392 e. The number of guanidine groups is 1. The first-order valence-electron chi connectivity index (χ1n) is 8.48. The van der Waals surface area contributed by atoms with Crippen LogP contribution in [0, 0.1) is 5.92 Å². The minimum Gasteiger partial charge on any atom is -0.270 e. The van der Waals surface area contributed by atoms with E-state index in [-0.39, 0.29) is 11.9 Å². The van der Waals surface area contributed by atoms with E-state index in [0.717, 1.165) is 37.5 Å². The predicted octanol–water partition coefficient (Wildman–Crippen LogP) is 0.967. The van der Waals surface area contributed by atoms with Gasteiger partial charge in [-0.2, -0.15) is 0 Å². The molecule has 2 saturated heterocycles. The van der Waals surface area contributed by atoms with E-state index in [9.17, 15) is 9.59 Å². The summed E-state index contributed by atoms with van der Waals surface area (Å²) in [5.41, 5.74) is 0.962. The van der Waals surface area contributed by atoms with Crippen molar-refractivity contribution < 1.29 is 14.2 Å². The lowest BCUT2D eigenvalue weighted by molar-refractivity contribution is -0.545. The summed E-state index contributed by atoms with van der Waals surface area (Å²) >= 11 is 0. The number of imide groups is 1. The highest BCUT2D eigenvalue weighted by Crippen LogP contribution is 2.25. The summed E-state index contributed by atoms with van der Waals surface area (Å²) in [6.45, 7) is 10.6. The smallest absolute Gasteiger partial charge is 0.270 e. The van der Waals surface area contributed by atoms with E-state index in [4.69, 9.17) is 4.99 Å². The normalized spacial score (nSPS) is 27.7. The minimum atomic E-state index is -0.538. The zero-order valence-corrected chi connectivity index (χ0v) is 14.9. The number of piperidine rings is 1. The van der Waals surface area contributed by atoms with Crippen molar-refractivity contribution in [3.63, 3.8) is 0 Å². The molecular formula is C17H26N5O2+. The number of rotatable bonds is 2. The van der Waals surface area contributed by atoms with E-state index >= 15 is 0 Å². The second-order valence-electron chi connectivity index (χ2n) is 7.17. The number of aliphatic imine (C=N–C) groups is 1. The fourth-order valence-electron chi connectivity index (χ4n) is 3.50. The second kappa shape index (κ2) is 6.03. The van der Waals surface area contributed by atoms with Gasteiger partial charge in [0.2, 0.25) is 11.9 Å². The molecule has 7 heteroatoms. The summed E-state index contributed by atoms with van der Waals surface area (Å²) in [6.07, 6.45) is 2.23. The van der Waals surface area contributed by atoms with Gasteiger partial charge < -0.3 is 0 Å². The number of urea groups is 1. The lowest BCUT2D eigenvalue weighted by Crippen LogP contribution is -2.63. The van der Waals surface area contributed by atoms with Gasteiger partial charge in [0.1, 0.15) is 0 Å². The number of carbonyl (C=O) groups is 2. The lowest BCUT2D eigenvalue weighted by atomic mass is 10.0. The first-order valence-corrected chi connectivity index (χ1v) is 8.48. The number of hydrogen-bond donors (Lipinski definition) is 0. The third-order valence-electron chi connectivity index (χ3n) is 5.02. The second-order valence-corrected chi connectivity index (χ2v) is 7.17. The lowest BCUT2D eigenvalue weighted by Gasteiger charge is -2.33. The van der Waals surface area contributed by atoms with E-state index < -0.39 is 6.04 Å². The van der Waals surface area contributed by atoms with Crippen LogP contribution in [0.2, 0.25) is 0 Å². The van der Waals surface area contributed by atoms with E-state index in [1.165, 1.54) is 16.8 Å². The molecule has 3 heterocycles. The Morgan fingerprint density at radius 1 is 1.25 bits per heavy atom. The Morgan fingerprint density at radius 2 is 1.88 bits per heavy atom. The Bertz CT molecular complexity index is 656. The summed E-state index contributed by atoms with van der Waals surface area (Å²) in [4.78, 5) is 34.3. The van der Waals surface area contributed by atoms with Crippen LogP contribution in [0.15, 0.2) is 17.1 Å². The van der Waals surface area contributed by atoms with Crippen molar-refractivity contribution in [1.29, 1.82) is 0 Å². The summed E-state index contributed by atoms with van der Waals surface area (Å²) in [5, 5.41) is 0. The van der Waals surface area contributed by atoms with E-state index in [2.05, 4.69) is 18.1 Å². The van der Waals surface area contributed by atoms with Crippen LogP contribution in [-0.4, -0.2) is 82.8 Å². The maximum atomic E-state index is 12.7. The zero-order chi connectivity index (χ0) is 17.6. The average molecular weight is 332 g/mol. The fraction of sp³-hybridized carbons (Fsp3) is 0.647. The summed E-state index contributed by atoms with van der Waals surface area (Å²) in [5.74, 6) is 1.81. The topological polar surface area (TPSA) is 59.2 Å². The molecule has 3 rings (SSSR count). The Balaban J connectivity index is 2.04. The highest BCUT2D eigenvalue weighted by molar-refractivity contribution is 6.25. The Labute approximate surface area is 142 Å². The van der Waals surface area contributed by atoms with Crippen LogP contribution < -0.4 is 0 Å². The van der Waals surface area contributed by atoms with Crippen LogP contribution in [0.4, 0.5) is 4.79 Å². The SMILES string of the molecule is C=C(C)CN1C(=[N+]2CCC(C)CC2)N=C2C1C(=O)N(C)C(=O)N2C. The van der Waals surface area contributed by atoms with Crippen molar-refractivity contribution in [2.45, 2.75) is 32.7 Å². The standard InChI is InChI=1S/C17H26N5O2/c1-11(2)10-22-13-14(19(4)17(24)20(5)15(13)23)18-16(22)21-8-6-12(3)7-9-21/h12-13H,1,6-10H2,2-5H3/q+1. The molecule has 7 nitrogen and oxygen atoms in total. The molecule has 0 bridgehead atoms. The first kappa shape index (κ1) is 16.7. The Morgan fingerprint density at radius 3 is 2.46 bits per heavy atom. The van der Waals surface area contributed by atoms with Crippen molar-refractivity contribution in [2.24, 2.45) is 10.9 Å².